The van der Waals surface area contributed by atoms with Gasteiger partial charge < -0.3 is 4.57 Å². The third kappa shape index (κ3) is 2.45. The van der Waals surface area contributed by atoms with Crippen molar-refractivity contribution < 1.29 is 0 Å². The second-order valence-electron chi connectivity index (χ2n) is 4.09. The van der Waals surface area contributed by atoms with Crippen molar-refractivity contribution in [2.75, 3.05) is 0 Å². The number of nitriles is 1. The molecule has 1 heterocycles. The maximum atomic E-state index is 8.73. The molecule has 5 heteroatoms. The van der Waals surface area contributed by atoms with Gasteiger partial charge in [0, 0.05) is 13.0 Å². The maximum Gasteiger partial charge on any atom is 0.109 e. The molecule has 1 aromatic carbocycles. The first-order chi connectivity index (χ1) is 8.67. The lowest BCUT2D eigenvalue weighted by atomic mass is 10.3. The predicted molar refractivity (Wildman–Crippen MR) is 74.0 cm³/mol. The summed E-state index contributed by atoms with van der Waals surface area (Å²) in [5, 5.41) is 9.76. The Balaban J connectivity index is 2.57. The van der Waals surface area contributed by atoms with Gasteiger partial charge >= 0.3 is 0 Å². The van der Waals surface area contributed by atoms with E-state index in [0.717, 1.165) is 29.7 Å². The SMILES string of the molecule is CCCc1nc2cc(Cl)c(Cl)cc2n1CCC#N. The molecule has 0 atom stereocenters. The van der Waals surface area contributed by atoms with Gasteiger partial charge in [0.2, 0.25) is 0 Å². The molecule has 0 unspecified atom stereocenters. The van der Waals surface area contributed by atoms with Gasteiger partial charge in [0.05, 0.1) is 33.6 Å². The van der Waals surface area contributed by atoms with E-state index in [1.165, 1.54) is 0 Å². The molecule has 0 aliphatic heterocycles. The van der Waals surface area contributed by atoms with Crippen LogP contribution in [0.5, 0.6) is 0 Å². The second kappa shape index (κ2) is 5.60. The van der Waals surface area contributed by atoms with Gasteiger partial charge in [-0.2, -0.15) is 5.26 Å². The Bertz CT molecular complexity index is 611. The van der Waals surface area contributed by atoms with Crippen molar-refractivity contribution in [3.8, 4) is 6.07 Å². The van der Waals surface area contributed by atoms with Crippen LogP contribution in [0, 0.1) is 11.3 Å². The minimum atomic E-state index is 0.461. The van der Waals surface area contributed by atoms with Gasteiger partial charge in [-0.1, -0.05) is 30.1 Å². The molecular formula is C13H13Cl2N3. The van der Waals surface area contributed by atoms with Gasteiger partial charge in [0.25, 0.3) is 0 Å². The summed E-state index contributed by atoms with van der Waals surface area (Å²) in [6, 6.07) is 5.76. The van der Waals surface area contributed by atoms with E-state index in [-0.39, 0.29) is 0 Å². The van der Waals surface area contributed by atoms with Gasteiger partial charge in [-0.15, -0.1) is 0 Å². The molecule has 0 aliphatic carbocycles. The Morgan fingerprint density at radius 3 is 2.72 bits per heavy atom. The fraction of sp³-hybridized carbons (Fsp3) is 0.385. The molecule has 2 rings (SSSR count). The number of nitrogens with zero attached hydrogens (tertiary/aromatic N) is 3. The summed E-state index contributed by atoms with van der Waals surface area (Å²) in [4.78, 5) is 4.57. The molecule has 0 spiro atoms. The number of fused-ring (bicyclic) bond motifs is 1. The molecule has 0 bridgehead atoms. The highest BCUT2D eigenvalue weighted by molar-refractivity contribution is 6.42. The molecule has 0 radical (unpaired) electrons. The van der Waals surface area contributed by atoms with Crippen LogP contribution in [0.15, 0.2) is 12.1 Å². The fourth-order valence-electron chi connectivity index (χ4n) is 2.00. The second-order valence-corrected chi connectivity index (χ2v) is 4.91. The monoisotopic (exact) mass is 281 g/mol. The summed E-state index contributed by atoms with van der Waals surface area (Å²) >= 11 is 12.0. The van der Waals surface area contributed by atoms with Crippen molar-refractivity contribution in [3.63, 3.8) is 0 Å². The summed E-state index contributed by atoms with van der Waals surface area (Å²) in [6.07, 6.45) is 2.36. The molecular weight excluding hydrogens is 269 g/mol. The number of hydrogen-bond donors (Lipinski definition) is 0. The summed E-state index contributed by atoms with van der Waals surface area (Å²) in [5.41, 5.74) is 1.79. The van der Waals surface area contributed by atoms with Crippen molar-refractivity contribution in [2.24, 2.45) is 0 Å². The first-order valence-electron chi connectivity index (χ1n) is 5.88. The Labute approximate surface area is 116 Å². The van der Waals surface area contributed by atoms with Gasteiger partial charge in [-0.25, -0.2) is 4.98 Å². The normalized spacial score (nSPS) is 10.8. The molecule has 0 N–H and O–H groups in total. The number of aromatic nitrogens is 2. The number of imidazole rings is 1. The van der Waals surface area contributed by atoms with Crippen molar-refractivity contribution in [2.45, 2.75) is 32.7 Å². The third-order valence-electron chi connectivity index (χ3n) is 2.79. The molecule has 3 nitrogen and oxygen atoms in total. The van der Waals surface area contributed by atoms with Crippen LogP contribution in [0.4, 0.5) is 0 Å². The minimum absolute atomic E-state index is 0.461. The lowest BCUT2D eigenvalue weighted by molar-refractivity contribution is 0.671. The van der Waals surface area contributed by atoms with E-state index in [1.54, 1.807) is 6.07 Å². The average molecular weight is 282 g/mol. The molecule has 18 heavy (non-hydrogen) atoms. The van der Waals surface area contributed by atoms with E-state index in [2.05, 4.69) is 22.5 Å². The molecule has 0 amide bonds. The molecule has 0 aliphatic rings. The first kappa shape index (κ1) is 13.2. The standard InChI is InChI=1S/C13H13Cl2N3/c1-2-4-13-17-11-7-9(14)10(15)8-12(11)18(13)6-3-5-16/h7-8H,2-4,6H2,1H3. The van der Waals surface area contributed by atoms with E-state index in [4.69, 9.17) is 28.5 Å². The molecule has 0 fully saturated rings. The lowest BCUT2D eigenvalue weighted by Crippen LogP contribution is -2.03. The molecule has 94 valence electrons. The van der Waals surface area contributed by atoms with Crippen LogP contribution < -0.4 is 0 Å². The molecule has 0 saturated heterocycles. The number of hydrogen-bond acceptors (Lipinski definition) is 2. The molecule has 2 aromatic rings. The third-order valence-corrected chi connectivity index (χ3v) is 3.51. The Kier molecular flexibility index (Phi) is 4.11. The number of rotatable bonds is 4. The van der Waals surface area contributed by atoms with Crippen LogP contribution in [0.3, 0.4) is 0 Å². The van der Waals surface area contributed by atoms with Crippen LogP contribution in [-0.2, 0) is 13.0 Å². The van der Waals surface area contributed by atoms with E-state index < -0.39 is 0 Å². The largest absolute Gasteiger partial charge is 0.327 e. The topological polar surface area (TPSA) is 41.6 Å². The lowest BCUT2D eigenvalue weighted by Gasteiger charge is -2.06. The van der Waals surface area contributed by atoms with E-state index >= 15 is 0 Å². The van der Waals surface area contributed by atoms with E-state index in [0.29, 0.717) is 23.0 Å². The van der Waals surface area contributed by atoms with Crippen LogP contribution in [0.25, 0.3) is 11.0 Å². The van der Waals surface area contributed by atoms with Crippen LogP contribution in [-0.4, -0.2) is 9.55 Å². The highest BCUT2D eigenvalue weighted by atomic mass is 35.5. The number of aryl methyl sites for hydroxylation is 2. The smallest absolute Gasteiger partial charge is 0.109 e. The van der Waals surface area contributed by atoms with Crippen molar-refractivity contribution in [3.05, 3.63) is 28.0 Å². The summed E-state index contributed by atoms with van der Waals surface area (Å²) in [6.45, 7) is 2.74. The van der Waals surface area contributed by atoms with E-state index in [1.807, 2.05) is 6.07 Å². The Morgan fingerprint density at radius 1 is 1.33 bits per heavy atom. The number of benzene rings is 1. The average Bonchev–Trinajstić information content (AvgIpc) is 2.65. The minimum Gasteiger partial charge on any atom is -0.327 e. The zero-order chi connectivity index (χ0) is 13.1. The molecule has 0 saturated carbocycles. The van der Waals surface area contributed by atoms with Crippen LogP contribution >= 0.6 is 23.2 Å². The van der Waals surface area contributed by atoms with Gasteiger partial charge in [0.1, 0.15) is 5.82 Å². The molecule has 1 aromatic heterocycles. The maximum absolute atomic E-state index is 8.73. The number of halogens is 2. The van der Waals surface area contributed by atoms with E-state index in [9.17, 15) is 0 Å². The highest BCUT2D eigenvalue weighted by Gasteiger charge is 2.12. The quantitative estimate of drug-likeness (QED) is 0.842. The van der Waals surface area contributed by atoms with Gasteiger partial charge in [-0.05, 0) is 18.6 Å². The Morgan fingerprint density at radius 2 is 2.06 bits per heavy atom. The van der Waals surface area contributed by atoms with Crippen molar-refractivity contribution in [1.82, 2.24) is 9.55 Å². The van der Waals surface area contributed by atoms with Gasteiger partial charge in [0.15, 0.2) is 0 Å². The fourth-order valence-corrected chi connectivity index (χ4v) is 2.31. The summed E-state index contributed by atoms with van der Waals surface area (Å²) in [5.74, 6) is 0.987. The summed E-state index contributed by atoms with van der Waals surface area (Å²) in [7, 11) is 0. The summed E-state index contributed by atoms with van der Waals surface area (Å²) < 4.78 is 2.06. The zero-order valence-corrected chi connectivity index (χ0v) is 11.6. The highest BCUT2D eigenvalue weighted by Crippen LogP contribution is 2.28. The van der Waals surface area contributed by atoms with Crippen molar-refractivity contribution >= 4 is 34.2 Å². The van der Waals surface area contributed by atoms with Crippen LogP contribution in [0.2, 0.25) is 10.0 Å². The Hall–Kier alpha value is -1.24. The van der Waals surface area contributed by atoms with Crippen molar-refractivity contribution in [1.29, 1.82) is 5.26 Å². The van der Waals surface area contributed by atoms with Crippen LogP contribution in [0.1, 0.15) is 25.6 Å². The first-order valence-corrected chi connectivity index (χ1v) is 6.64. The van der Waals surface area contributed by atoms with Gasteiger partial charge in [-0.3, -0.25) is 0 Å². The zero-order valence-electron chi connectivity index (χ0n) is 10.1. The predicted octanol–water partition coefficient (Wildman–Crippen LogP) is 4.21.